The van der Waals surface area contributed by atoms with E-state index in [4.69, 9.17) is 4.74 Å². The Bertz CT molecular complexity index is 388. The highest BCUT2D eigenvalue weighted by molar-refractivity contribution is 5.32. The van der Waals surface area contributed by atoms with Crippen LogP contribution in [0.15, 0.2) is 18.2 Å². The molecule has 106 valence electrons. The van der Waals surface area contributed by atoms with Crippen LogP contribution in [-0.2, 0) is 0 Å². The van der Waals surface area contributed by atoms with Gasteiger partial charge in [0.1, 0.15) is 11.6 Å². The van der Waals surface area contributed by atoms with Gasteiger partial charge in [0.25, 0.3) is 0 Å². The first-order valence-corrected chi connectivity index (χ1v) is 7.38. The van der Waals surface area contributed by atoms with Crippen LogP contribution >= 0.6 is 0 Å². The molecule has 0 bridgehead atoms. The fourth-order valence-electron chi connectivity index (χ4n) is 2.60. The molecule has 19 heavy (non-hydrogen) atoms. The van der Waals surface area contributed by atoms with Crippen molar-refractivity contribution in [3.8, 4) is 5.75 Å². The van der Waals surface area contributed by atoms with E-state index in [-0.39, 0.29) is 5.82 Å². The molecule has 0 amide bonds. The first-order valence-electron chi connectivity index (χ1n) is 7.38. The van der Waals surface area contributed by atoms with Gasteiger partial charge in [0.05, 0.1) is 6.61 Å². The van der Waals surface area contributed by atoms with Crippen LogP contribution in [0.5, 0.6) is 5.75 Å². The minimum Gasteiger partial charge on any atom is -0.493 e. The summed E-state index contributed by atoms with van der Waals surface area (Å²) in [6, 6.07) is 5.38. The lowest BCUT2D eigenvalue weighted by atomic mass is 9.95. The summed E-state index contributed by atoms with van der Waals surface area (Å²) < 4.78 is 18.7. The van der Waals surface area contributed by atoms with E-state index >= 15 is 0 Å². The van der Waals surface area contributed by atoms with Gasteiger partial charge in [-0.3, -0.25) is 0 Å². The lowest BCUT2D eigenvalue weighted by molar-refractivity contribution is 0.294. The first kappa shape index (κ1) is 14.3. The van der Waals surface area contributed by atoms with Crippen molar-refractivity contribution in [1.82, 2.24) is 5.32 Å². The molecule has 0 unspecified atom stereocenters. The van der Waals surface area contributed by atoms with Gasteiger partial charge in [-0.1, -0.05) is 25.3 Å². The van der Waals surface area contributed by atoms with E-state index in [1.807, 2.05) is 6.92 Å². The zero-order valence-electron chi connectivity index (χ0n) is 11.8. The molecule has 0 atom stereocenters. The van der Waals surface area contributed by atoms with Gasteiger partial charge in [0.15, 0.2) is 0 Å². The third-order valence-electron chi connectivity index (χ3n) is 3.77. The van der Waals surface area contributed by atoms with Crippen LogP contribution < -0.4 is 10.1 Å². The largest absolute Gasteiger partial charge is 0.493 e. The SMILES string of the molecule is Cc1ccc(F)cc1OCCCNC1CCCCC1. The second-order valence-corrected chi connectivity index (χ2v) is 5.40. The quantitative estimate of drug-likeness (QED) is 0.789. The Hall–Kier alpha value is -1.09. The molecule has 3 heteroatoms. The third kappa shape index (κ3) is 4.83. The number of ether oxygens (including phenoxy) is 1. The van der Waals surface area contributed by atoms with Crippen LogP contribution in [0.2, 0.25) is 0 Å². The Morgan fingerprint density at radius 3 is 2.84 bits per heavy atom. The zero-order valence-corrected chi connectivity index (χ0v) is 11.8. The van der Waals surface area contributed by atoms with Crippen molar-refractivity contribution < 1.29 is 9.13 Å². The van der Waals surface area contributed by atoms with Crippen molar-refractivity contribution in [3.63, 3.8) is 0 Å². The maximum atomic E-state index is 13.1. The van der Waals surface area contributed by atoms with Crippen molar-refractivity contribution in [2.45, 2.75) is 51.5 Å². The molecular weight excluding hydrogens is 241 g/mol. The maximum absolute atomic E-state index is 13.1. The number of aryl methyl sites for hydroxylation is 1. The van der Waals surface area contributed by atoms with Gasteiger partial charge < -0.3 is 10.1 Å². The molecule has 1 saturated carbocycles. The molecule has 1 N–H and O–H groups in total. The second kappa shape index (κ2) is 7.49. The molecule has 1 fully saturated rings. The maximum Gasteiger partial charge on any atom is 0.126 e. The molecule has 0 radical (unpaired) electrons. The fraction of sp³-hybridized carbons (Fsp3) is 0.625. The van der Waals surface area contributed by atoms with E-state index in [1.54, 1.807) is 6.07 Å². The van der Waals surface area contributed by atoms with E-state index in [9.17, 15) is 4.39 Å². The zero-order chi connectivity index (χ0) is 13.5. The van der Waals surface area contributed by atoms with Crippen molar-refractivity contribution >= 4 is 0 Å². The monoisotopic (exact) mass is 265 g/mol. The minimum atomic E-state index is -0.235. The Morgan fingerprint density at radius 1 is 1.26 bits per heavy atom. The van der Waals surface area contributed by atoms with Crippen LogP contribution in [0.4, 0.5) is 4.39 Å². The number of benzene rings is 1. The number of rotatable bonds is 6. The van der Waals surface area contributed by atoms with E-state index in [1.165, 1.54) is 44.2 Å². The Kier molecular flexibility index (Phi) is 5.64. The summed E-state index contributed by atoms with van der Waals surface area (Å²) in [7, 11) is 0. The number of halogens is 1. The van der Waals surface area contributed by atoms with Gasteiger partial charge >= 0.3 is 0 Å². The van der Waals surface area contributed by atoms with Crippen LogP contribution in [0.1, 0.15) is 44.1 Å². The van der Waals surface area contributed by atoms with Gasteiger partial charge in [-0.25, -0.2) is 4.39 Å². The Labute approximate surface area is 115 Å². The van der Waals surface area contributed by atoms with Gasteiger partial charge in [0, 0.05) is 12.1 Å². The van der Waals surface area contributed by atoms with Crippen LogP contribution in [0, 0.1) is 12.7 Å². The van der Waals surface area contributed by atoms with E-state index in [0.717, 1.165) is 18.5 Å². The van der Waals surface area contributed by atoms with Gasteiger partial charge in [-0.2, -0.15) is 0 Å². The molecule has 0 aliphatic heterocycles. The van der Waals surface area contributed by atoms with Crippen molar-refractivity contribution in [2.75, 3.05) is 13.2 Å². The minimum absolute atomic E-state index is 0.235. The number of nitrogens with one attached hydrogen (secondary N) is 1. The molecule has 1 aliphatic rings. The highest BCUT2D eigenvalue weighted by atomic mass is 19.1. The molecule has 1 aromatic carbocycles. The molecule has 0 heterocycles. The van der Waals surface area contributed by atoms with E-state index < -0.39 is 0 Å². The number of hydrogen-bond donors (Lipinski definition) is 1. The molecular formula is C16H24FNO. The van der Waals surface area contributed by atoms with Gasteiger partial charge in [0.2, 0.25) is 0 Å². The van der Waals surface area contributed by atoms with Crippen LogP contribution in [0.3, 0.4) is 0 Å². The summed E-state index contributed by atoms with van der Waals surface area (Å²) >= 11 is 0. The van der Waals surface area contributed by atoms with E-state index in [2.05, 4.69) is 5.32 Å². The lowest BCUT2D eigenvalue weighted by Crippen LogP contribution is -2.32. The Balaban J connectivity index is 1.62. The lowest BCUT2D eigenvalue weighted by Gasteiger charge is -2.22. The molecule has 2 rings (SSSR count). The smallest absolute Gasteiger partial charge is 0.126 e. The highest BCUT2D eigenvalue weighted by Crippen LogP contribution is 2.19. The predicted octanol–water partition coefficient (Wildman–Crippen LogP) is 3.83. The summed E-state index contributed by atoms with van der Waals surface area (Å²) in [6.45, 7) is 3.57. The van der Waals surface area contributed by atoms with Crippen molar-refractivity contribution in [1.29, 1.82) is 0 Å². The molecule has 0 aromatic heterocycles. The standard InChI is InChI=1S/C16H24FNO/c1-13-8-9-14(17)12-16(13)19-11-5-10-18-15-6-3-2-4-7-15/h8-9,12,15,18H,2-7,10-11H2,1H3. The predicted molar refractivity (Wildman–Crippen MR) is 76.1 cm³/mol. The molecule has 1 aromatic rings. The van der Waals surface area contributed by atoms with Crippen LogP contribution in [0.25, 0.3) is 0 Å². The fourth-order valence-corrected chi connectivity index (χ4v) is 2.60. The van der Waals surface area contributed by atoms with Crippen molar-refractivity contribution in [2.24, 2.45) is 0 Å². The van der Waals surface area contributed by atoms with E-state index in [0.29, 0.717) is 18.4 Å². The summed E-state index contributed by atoms with van der Waals surface area (Å²) in [5.74, 6) is 0.429. The molecule has 1 aliphatic carbocycles. The number of hydrogen-bond acceptors (Lipinski definition) is 2. The first-order chi connectivity index (χ1) is 9.25. The highest BCUT2D eigenvalue weighted by Gasteiger charge is 2.11. The summed E-state index contributed by atoms with van der Waals surface area (Å²) in [5.41, 5.74) is 0.988. The summed E-state index contributed by atoms with van der Waals surface area (Å²) in [6.07, 6.45) is 7.69. The third-order valence-corrected chi connectivity index (χ3v) is 3.77. The van der Waals surface area contributed by atoms with Gasteiger partial charge in [-0.15, -0.1) is 0 Å². The van der Waals surface area contributed by atoms with Gasteiger partial charge in [-0.05, 0) is 44.4 Å². The normalized spacial score (nSPS) is 16.5. The molecule has 2 nitrogen and oxygen atoms in total. The molecule has 0 spiro atoms. The topological polar surface area (TPSA) is 21.3 Å². The van der Waals surface area contributed by atoms with Crippen LogP contribution in [-0.4, -0.2) is 19.2 Å². The Morgan fingerprint density at radius 2 is 2.05 bits per heavy atom. The summed E-state index contributed by atoms with van der Waals surface area (Å²) in [5, 5.41) is 3.58. The second-order valence-electron chi connectivity index (χ2n) is 5.40. The summed E-state index contributed by atoms with van der Waals surface area (Å²) in [4.78, 5) is 0. The van der Waals surface area contributed by atoms with Crippen molar-refractivity contribution in [3.05, 3.63) is 29.6 Å². The average Bonchev–Trinajstić information content (AvgIpc) is 2.43. The molecule has 0 saturated heterocycles. The average molecular weight is 265 g/mol.